The van der Waals surface area contributed by atoms with Crippen molar-refractivity contribution in [2.24, 2.45) is 0 Å². The predicted octanol–water partition coefficient (Wildman–Crippen LogP) is 7.54. The van der Waals surface area contributed by atoms with Crippen molar-refractivity contribution < 1.29 is 28.9 Å². The normalized spacial score (nSPS) is 8.76. The van der Waals surface area contributed by atoms with Crippen LogP contribution in [0.2, 0.25) is 0 Å². The van der Waals surface area contributed by atoms with Crippen LogP contribution >= 0.6 is 47.8 Å². The third-order valence-corrected chi connectivity index (χ3v) is 4.92. The van der Waals surface area contributed by atoms with E-state index in [2.05, 4.69) is 57.3 Å². The van der Waals surface area contributed by atoms with Gasteiger partial charge in [-0.1, -0.05) is 74.8 Å². The minimum atomic E-state index is -0.201. The molecule has 0 aliphatic rings. The van der Waals surface area contributed by atoms with E-state index in [1.165, 1.54) is 14.2 Å². The van der Waals surface area contributed by atoms with Gasteiger partial charge >= 0.3 is 11.9 Å². The number of aromatic hydroxyl groups is 1. The third-order valence-electron chi connectivity index (χ3n) is 3.37. The monoisotopic (exact) mass is 656 g/mol. The van der Waals surface area contributed by atoms with E-state index in [1.54, 1.807) is 18.2 Å². The summed E-state index contributed by atoms with van der Waals surface area (Å²) in [7, 11) is 2.79. The Morgan fingerprint density at radius 3 is 1.79 bits per heavy atom. The molecule has 0 fully saturated rings. The van der Waals surface area contributed by atoms with Crippen molar-refractivity contribution in [1.82, 2.24) is 0 Å². The zero-order chi connectivity index (χ0) is 23.5. The fourth-order valence-electron chi connectivity index (χ4n) is 1.85. The zero-order valence-electron chi connectivity index (χ0n) is 17.5. The van der Waals surface area contributed by atoms with Crippen molar-refractivity contribution in [3.05, 3.63) is 57.5 Å². The van der Waals surface area contributed by atoms with Gasteiger partial charge in [0.15, 0.2) is 0 Å². The number of carbonyl (C=O) groups excluding carboxylic acids is 2. The van der Waals surface area contributed by atoms with Gasteiger partial charge in [-0.3, -0.25) is 9.59 Å². The first kappa shape index (κ1) is 36.0. The van der Waals surface area contributed by atoms with Gasteiger partial charge in [0, 0.05) is 27.1 Å². The second-order valence-corrected chi connectivity index (χ2v) is 8.46. The highest BCUT2D eigenvalue weighted by molar-refractivity contribution is 9.10. The van der Waals surface area contributed by atoms with Gasteiger partial charge in [-0.2, -0.15) is 0 Å². The van der Waals surface area contributed by atoms with Crippen LogP contribution in [0, 0.1) is 0 Å². The van der Waals surface area contributed by atoms with Crippen LogP contribution in [0.4, 0.5) is 0 Å². The van der Waals surface area contributed by atoms with Gasteiger partial charge in [0.05, 0.1) is 20.8 Å². The molecule has 0 aromatic heterocycles. The van der Waals surface area contributed by atoms with Gasteiger partial charge in [-0.25, -0.2) is 0 Å². The van der Waals surface area contributed by atoms with Crippen molar-refractivity contribution in [1.29, 1.82) is 0 Å². The second-order valence-electron chi connectivity index (χ2n) is 5.83. The molecule has 33 heavy (non-hydrogen) atoms. The lowest BCUT2D eigenvalue weighted by Crippen LogP contribution is -2.04. The Bertz CT molecular complexity index is 754. The van der Waals surface area contributed by atoms with E-state index in [1.807, 2.05) is 30.3 Å². The van der Waals surface area contributed by atoms with Crippen LogP contribution in [-0.2, 0) is 19.1 Å². The Hall–Kier alpha value is -1.58. The van der Waals surface area contributed by atoms with E-state index in [9.17, 15) is 9.59 Å². The average molecular weight is 659 g/mol. The summed E-state index contributed by atoms with van der Waals surface area (Å²) in [6.07, 6.45) is 2.43. The molecule has 0 aliphatic carbocycles. The maximum atomic E-state index is 10.8. The molecular formula is C24H35Br3O6. The number of hydrogen-bond donors (Lipinski definition) is 1. The highest BCUT2D eigenvalue weighted by atomic mass is 79.9. The van der Waals surface area contributed by atoms with Crippen LogP contribution in [0.5, 0.6) is 11.5 Å². The summed E-state index contributed by atoms with van der Waals surface area (Å²) in [5.41, 5.74) is 0. The lowest BCUT2D eigenvalue weighted by molar-refractivity contribution is -0.141. The number of hydrogen-bond acceptors (Lipinski definition) is 6. The molecule has 0 saturated carbocycles. The summed E-state index contributed by atoms with van der Waals surface area (Å²) in [5, 5.41) is 9.65. The lowest BCUT2D eigenvalue weighted by atomic mass is 10.3. The highest BCUT2D eigenvalue weighted by Crippen LogP contribution is 2.18. The van der Waals surface area contributed by atoms with Gasteiger partial charge in [0.25, 0.3) is 0 Å². The number of rotatable bonds is 8. The Balaban J connectivity index is -0.000000430. The van der Waals surface area contributed by atoms with Crippen molar-refractivity contribution in [2.75, 3.05) is 26.2 Å². The predicted molar refractivity (Wildman–Crippen MR) is 145 cm³/mol. The Morgan fingerprint density at radius 2 is 1.36 bits per heavy atom. The van der Waals surface area contributed by atoms with Crippen LogP contribution in [-0.4, -0.2) is 43.2 Å². The van der Waals surface area contributed by atoms with Crippen molar-refractivity contribution in [2.45, 2.75) is 40.5 Å². The van der Waals surface area contributed by atoms with E-state index in [0.29, 0.717) is 31.6 Å². The zero-order valence-corrected chi connectivity index (χ0v) is 22.2. The Labute approximate surface area is 223 Å². The summed E-state index contributed by atoms with van der Waals surface area (Å²) < 4.78 is 16.2. The highest BCUT2D eigenvalue weighted by Gasteiger charge is 2.00. The van der Waals surface area contributed by atoms with Gasteiger partial charge in [-0.05, 0) is 49.2 Å². The number of halogens is 3. The first-order chi connectivity index (χ1) is 14.8. The summed E-state index contributed by atoms with van der Waals surface area (Å²) in [5.74, 6) is 0.755. The molecule has 0 aliphatic heterocycles. The molecule has 0 spiro atoms. The quantitative estimate of drug-likeness (QED) is 0.179. The van der Waals surface area contributed by atoms with E-state index in [-0.39, 0.29) is 26.8 Å². The van der Waals surface area contributed by atoms with Gasteiger partial charge in [0.1, 0.15) is 11.5 Å². The van der Waals surface area contributed by atoms with E-state index in [4.69, 9.17) is 9.84 Å². The number of alkyl halides is 1. The maximum absolute atomic E-state index is 10.8. The number of esters is 2. The van der Waals surface area contributed by atoms with E-state index >= 15 is 0 Å². The average Bonchev–Trinajstić information content (AvgIpc) is 2.75. The molecule has 2 aromatic rings. The number of methoxy groups -OCH3 is 2. The molecule has 0 unspecified atom stereocenters. The maximum Gasteiger partial charge on any atom is 0.305 e. The summed E-state index contributed by atoms with van der Waals surface area (Å²) >= 11 is 9.75. The fraction of sp³-hybridized carbons (Fsp3) is 0.417. The number of phenolic OH excluding ortho intramolecular Hbond substituents is 1. The van der Waals surface area contributed by atoms with Crippen molar-refractivity contribution >= 4 is 59.7 Å². The SMILES string of the molecule is C.C.COC(=O)CCCBr.COC(=O)CCCOc1cccc(Br)c1.Oc1cccc(Br)c1. The molecule has 2 rings (SSSR count). The molecule has 0 amide bonds. The fourth-order valence-corrected chi connectivity index (χ4v) is 2.90. The molecule has 0 radical (unpaired) electrons. The van der Waals surface area contributed by atoms with Crippen LogP contribution in [0.1, 0.15) is 40.5 Å². The topological polar surface area (TPSA) is 82.1 Å². The number of phenols is 1. The second kappa shape index (κ2) is 23.6. The lowest BCUT2D eigenvalue weighted by Gasteiger charge is -2.05. The third kappa shape index (κ3) is 22.0. The van der Waals surface area contributed by atoms with E-state index in [0.717, 1.165) is 26.4 Å². The molecular weight excluding hydrogens is 624 g/mol. The summed E-state index contributed by atoms with van der Waals surface area (Å²) in [6.45, 7) is 0.519. The molecule has 0 atom stereocenters. The molecule has 1 N–H and O–H groups in total. The minimum Gasteiger partial charge on any atom is -0.508 e. The minimum absolute atomic E-state index is 0. The standard InChI is InChI=1S/C11H13BrO3.C6H5BrO.C5H9BrO2.2CH4/c1-14-11(13)6-3-7-15-10-5-2-4-9(12)8-10;7-5-2-1-3-6(8)4-5;1-8-5(7)3-2-4-6;;/h2,4-5,8H,3,6-7H2,1H3;1-4,8H;2-4H2,1H3;2*1H4. The number of ether oxygens (including phenoxy) is 3. The van der Waals surface area contributed by atoms with Crippen molar-refractivity contribution in [3.8, 4) is 11.5 Å². The summed E-state index contributed by atoms with van der Waals surface area (Å²) in [4.78, 5) is 21.1. The molecule has 0 bridgehead atoms. The first-order valence-electron chi connectivity index (χ1n) is 9.34. The van der Waals surface area contributed by atoms with Gasteiger partial charge in [-0.15, -0.1) is 0 Å². The summed E-state index contributed by atoms with van der Waals surface area (Å²) in [6, 6.07) is 14.5. The largest absolute Gasteiger partial charge is 0.508 e. The molecule has 6 nitrogen and oxygen atoms in total. The van der Waals surface area contributed by atoms with E-state index < -0.39 is 0 Å². The molecule has 0 saturated heterocycles. The van der Waals surface area contributed by atoms with Crippen molar-refractivity contribution in [3.63, 3.8) is 0 Å². The number of carbonyl (C=O) groups is 2. The van der Waals surface area contributed by atoms with Crippen LogP contribution in [0.15, 0.2) is 57.5 Å². The smallest absolute Gasteiger partial charge is 0.305 e. The Morgan fingerprint density at radius 1 is 0.848 bits per heavy atom. The van der Waals surface area contributed by atoms with Crippen LogP contribution in [0.3, 0.4) is 0 Å². The number of benzene rings is 2. The van der Waals surface area contributed by atoms with Crippen LogP contribution < -0.4 is 4.74 Å². The van der Waals surface area contributed by atoms with Crippen LogP contribution in [0.25, 0.3) is 0 Å². The molecule has 0 heterocycles. The first-order valence-corrected chi connectivity index (χ1v) is 12.1. The van der Waals surface area contributed by atoms with Gasteiger partial charge < -0.3 is 19.3 Å². The molecule has 9 heteroatoms. The molecule has 2 aromatic carbocycles. The Kier molecular flexibility index (Phi) is 25.7. The molecule has 188 valence electrons. The van der Waals surface area contributed by atoms with Gasteiger partial charge in [0.2, 0.25) is 0 Å².